The largest absolute Gasteiger partial charge is 0.208 e. The fraction of sp³-hybridized carbons (Fsp3) is 0. The molecule has 0 unspecified atom stereocenters. The van der Waals surface area contributed by atoms with Gasteiger partial charge in [0.05, 0.1) is 0 Å². The Morgan fingerprint density at radius 3 is 1.00 bits per heavy atom. The Hall–Kier alpha value is -5.16. The monoisotopic (exact) mass is 601 g/mol. The number of halogens is 1. The highest BCUT2D eigenvalue weighted by Crippen LogP contribution is 2.24. The standard InChI is InChI=1S/C39H28ClN3Si/c40-32-23-27-36(28-24-32)44(33-17-9-3-10-18-33,34-19-11-4-12-20-34)35-25-21-31(22-26-35)39-42-37(29-13-5-1-6-14-29)41-38(43-39)30-15-7-2-8-16-30/h1-28H. The van der Waals surface area contributed by atoms with Crippen LogP contribution in [-0.4, -0.2) is 23.0 Å². The summed E-state index contributed by atoms with van der Waals surface area (Å²) in [7, 11) is -2.69. The lowest BCUT2D eigenvalue weighted by Gasteiger charge is -2.34. The average molecular weight is 602 g/mol. The third kappa shape index (κ3) is 5.26. The van der Waals surface area contributed by atoms with E-state index in [0.717, 1.165) is 21.7 Å². The molecule has 1 heterocycles. The Balaban J connectivity index is 1.41. The van der Waals surface area contributed by atoms with Crippen LogP contribution in [0.15, 0.2) is 170 Å². The van der Waals surface area contributed by atoms with Gasteiger partial charge >= 0.3 is 0 Å². The van der Waals surface area contributed by atoms with Crippen LogP contribution in [0.5, 0.6) is 0 Å². The summed E-state index contributed by atoms with van der Waals surface area (Å²) in [4.78, 5) is 14.8. The number of hydrogen-bond donors (Lipinski definition) is 0. The molecule has 0 radical (unpaired) electrons. The molecule has 7 rings (SSSR count). The maximum absolute atomic E-state index is 6.40. The molecule has 0 fully saturated rings. The molecule has 0 aliphatic carbocycles. The molecule has 0 aliphatic heterocycles. The third-order valence-corrected chi connectivity index (χ3v) is 13.0. The van der Waals surface area contributed by atoms with Crippen LogP contribution >= 0.6 is 11.6 Å². The topological polar surface area (TPSA) is 38.7 Å². The molecule has 210 valence electrons. The number of hydrogen-bond acceptors (Lipinski definition) is 3. The van der Waals surface area contributed by atoms with Gasteiger partial charge in [-0.25, -0.2) is 15.0 Å². The van der Waals surface area contributed by atoms with Crippen LogP contribution in [0, 0.1) is 0 Å². The van der Waals surface area contributed by atoms with Gasteiger partial charge in [0.1, 0.15) is 0 Å². The second-order valence-corrected chi connectivity index (χ2v) is 14.9. The summed E-state index contributed by atoms with van der Waals surface area (Å²) in [5.74, 6) is 1.94. The summed E-state index contributed by atoms with van der Waals surface area (Å²) in [6.07, 6.45) is 0. The molecule has 0 amide bonds. The van der Waals surface area contributed by atoms with E-state index in [4.69, 9.17) is 26.6 Å². The Bertz CT molecular complexity index is 1890. The van der Waals surface area contributed by atoms with Crippen LogP contribution in [-0.2, 0) is 0 Å². The fourth-order valence-electron chi connectivity index (χ4n) is 5.88. The smallest absolute Gasteiger partial charge is 0.179 e. The molecule has 0 saturated heterocycles. The van der Waals surface area contributed by atoms with Gasteiger partial charge in [-0.15, -0.1) is 0 Å². The first-order valence-corrected chi connectivity index (χ1v) is 16.9. The van der Waals surface area contributed by atoms with Crippen molar-refractivity contribution in [2.75, 3.05) is 0 Å². The number of nitrogens with zero attached hydrogens (tertiary/aromatic N) is 3. The van der Waals surface area contributed by atoms with Crippen molar-refractivity contribution in [3.63, 3.8) is 0 Å². The quantitative estimate of drug-likeness (QED) is 0.147. The van der Waals surface area contributed by atoms with Crippen molar-refractivity contribution in [1.29, 1.82) is 0 Å². The van der Waals surface area contributed by atoms with E-state index in [0.29, 0.717) is 17.5 Å². The molecule has 0 atom stereocenters. The SMILES string of the molecule is Clc1ccc([Si](c2ccccc2)(c2ccccc2)c2ccc(-c3nc(-c4ccccc4)nc(-c4ccccc4)n3)cc2)cc1. The van der Waals surface area contributed by atoms with Crippen molar-refractivity contribution in [2.24, 2.45) is 0 Å². The van der Waals surface area contributed by atoms with Gasteiger partial charge < -0.3 is 0 Å². The zero-order chi connectivity index (χ0) is 29.8. The first kappa shape index (κ1) is 27.7. The highest BCUT2D eigenvalue weighted by atomic mass is 35.5. The molecule has 0 spiro atoms. The van der Waals surface area contributed by atoms with E-state index in [1.807, 2.05) is 72.8 Å². The molecule has 0 aliphatic rings. The van der Waals surface area contributed by atoms with Crippen LogP contribution in [0.3, 0.4) is 0 Å². The third-order valence-electron chi connectivity index (χ3n) is 7.97. The molecule has 0 bridgehead atoms. The zero-order valence-corrected chi connectivity index (χ0v) is 25.6. The minimum atomic E-state index is -2.69. The van der Waals surface area contributed by atoms with Crippen LogP contribution in [0.4, 0.5) is 0 Å². The van der Waals surface area contributed by atoms with E-state index in [-0.39, 0.29) is 0 Å². The van der Waals surface area contributed by atoms with Crippen LogP contribution in [0.1, 0.15) is 0 Å². The second kappa shape index (κ2) is 12.2. The Labute approximate surface area is 263 Å². The average Bonchev–Trinajstić information content (AvgIpc) is 3.11. The zero-order valence-electron chi connectivity index (χ0n) is 23.9. The first-order chi connectivity index (χ1) is 21.7. The highest BCUT2D eigenvalue weighted by molar-refractivity contribution is 7.19. The van der Waals surface area contributed by atoms with Crippen molar-refractivity contribution in [3.8, 4) is 34.2 Å². The van der Waals surface area contributed by atoms with Gasteiger partial charge in [0.15, 0.2) is 25.5 Å². The van der Waals surface area contributed by atoms with E-state index >= 15 is 0 Å². The van der Waals surface area contributed by atoms with Gasteiger partial charge in [-0.2, -0.15) is 0 Å². The Kier molecular flexibility index (Phi) is 7.68. The van der Waals surface area contributed by atoms with Crippen molar-refractivity contribution in [1.82, 2.24) is 15.0 Å². The molecule has 7 aromatic rings. The molecule has 0 N–H and O–H groups in total. The Morgan fingerprint density at radius 1 is 0.318 bits per heavy atom. The van der Waals surface area contributed by atoms with E-state index < -0.39 is 8.07 Å². The van der Waals surface area contributed by atoms with E-state index in [9.17, 15) is 0 Å². The lowest BCUT2D eigenvalue weighted by atomic mass is 10.1. The lowest BCUT2D eigenvalue weighted by molar-refractivity contribution is 1.07. The fourth-order valence-corrected chi connectivity index (χ4v) is 10.7. The molecule has 0 saturated carbocycles. The Morgan fingerprint density at radius 2 is 0.614 bits per heavy atom. The number of aromatic nitrogens is 3. The summed E-state index contributed by atoms with van der Waals surface area (Å²) in [5.41, 5.74) is 2.84. The molecule has 1 aromatic heterocycles. The number of benzene rings is 6. The van der Waals surface area contributed by atoms with Crippen LogP contribution in [0.25, 0.3) is 34.2 Å². The minimum Gasteiger partial charge on any atom is -0.208 e. The molecular weight excluding hydrogens is 574 g/mol. The molecule has 44 heavy (non-hydrogen) atoms. The van der Waals surface area contributed by atoms with Crippen molar-refractivity contribution in [3.05, 3.63) is 175 Å². The molecular formula is C39H28ClN3Si. The van der Waals surface area contributed by atoms with Gasteiger partial charge in [-0.3, -0.25) is 0 Å². The summed E-state index contributed by atoms with van der Waals surface area (Å²) in [6, 6.07) is 59.0. The predicted octanol–water partition coefficient (Wildman–Crippen LogP) is 6.90. The van der Waals surface area contributed by atoms with Gasteiger partial charge in [0, 0.05) is 21.7 Å². The van der Waals surface area contributed by atoms with Crippen molar-refractivity contribution in [2.45, 2.75) is 0 Å². The maximum atomic E-state index is 6.40. The van der Waals surface area contributed by atoms with Gasteiger partial charge in [-0.05, 0) is 32.9 Å². The minimum absolute atomic E-state index is 0.641. The molecule has 5 heteroatoms. The van der Waals surface area contributed by atoms with E-state index in [1.54, 1.807) is 0 Å². The van der Waals surface area contributed by atoms with Crippen LogP contribution in [0.2, 0.25) is 5.02 Å². The summed E-state index contributed by atoms with van der Waals surface area (Å²) >= 11 is 6.40. The van der Waals surface area contributed by atoms with Gasteiger partial charge in [0.2, 0.25) is 0 Å². The molecule has 3 nitrogen and oxygen atoms in total. The van der Waals surface area contributed by atoms with E-state index in [1.165, 1.54) is 20.7 Å². The highest BCUT2D eigenvalue weighted by Gasteiger charge is 2.41. The summed E-state index contributed by atoms with van der Waals surface area (Å²) in [6.45, 7) is 0. The maximum Gasteiger partial charge on any atom is 0.179 e. The molecule has 6 aromatic carbocycles. The predicted molar refractivity (Wildman–Crippen MR) is 185 cm³/mol. The van der Waals surface area contributed by atoms with E-state index in [2.05, 4.69) is 97.1 Å². The van der Waals surface area contributed by atoms with Crippen molar-refractivity contribution < 1.29 is 0 Å². The van der Waals surface area contributed by atoms with Crippen molar-refractivity contribution >= 4 is 40.4 Å². The van der Waals surface area contributed by atoms with Gasteiger partial charge in [-0.1, -0.05) is 169 Å². The summed E-state index contributed by atoms with van der Waals surface area (Å²) in [5, 5.41) is 5.87. The normalized spacial score (nSPS) is 11.3. The van der Waals surface area contributed by atoms with Crippen LogP contribution < -0.4 is 20.7 Å². The summed E-state index contributed by atoms with van der Waals surface area (Å²) < 4.78 is 0. The lowest BCUT2D eigenvalue weighted by Crippen LogP contribution is -2.74. The first-order valence-electron chi connectivity index (χ1n) is 14.6. The number of rotatable bonds is 7. The van der Waals surface area contributed by atoms with Gasteiger partial charge in [0.25, 0.3) is 0 Å². The second-order valence-electron chi connectivity index (χ2n) is 10.6.